The van der Waals surface area contributed by atoms with Gasteiger partial charge < -0.3 is 20.1 Å². The van der Waals surface area contributed by atoms with Crippen molar-refractivity contribution in [2.24, 2.45) is 5.41 Å². The molecular formula is C17H24N2O4. The number of hydrogen-bond donors (Lipinski definition) is 2. The van der Waals surface area contributed by atoms with E-state index < -0.39 is 5.97 Å². The Kier molecular flexibility index (Phi) is 5.26. The molecule has 6 nitrogen and oxygen atoms in total. The number of methoxy groups -OCH3 is 1. The van der Waals surface area contributed by atoms with Crippen LogP contribution in [-0.4, -0.2) is 48.3 Å². The van der Waals surface area contributed by atoms with E-state index in [1.807, 2.05) is 0 Å². The lowest BCUT2D eigenvalue weighted by atomic mass is 9.81. The third kappa shape index (κ3) is 4.22. The molecule has 1 aliphatic heterocycles. The first-order valence-corrected chi connectivity index (χ1v) is 7.71. The predicted octanol–water partition coefficient (Wildman–Crippen LogP) is 2.34. The Balaban J connectivity index is 1.89. The number of nitrogens with zero attached hydrogens (tertiary/aromatic N) is 1. The topological polar surface area (TPSA) is 78.9 Å². The molecule has 1 heterocycles. The van der Waals surface area contributed by atoms with Crippen LogP contribution >= 0.6 is 0 Å². The lowest BCUT2D eigenvalue weighted by molar-refractivity contribution is -0.0406. The average Bonchev–Trinajstić information content (AvgIpc) is 2.52. The van der Waals surface area contributed by atoms with Gasteiger partial charge in [-0.2, -0.15) is 0 Å². The molecule has 1 atom stereocenters. The maximum Gasteiger partial charge on any atom is 0.335 e. The van der Waals surface area contributed by atoms with Crippen molar-refractivity contribution in [2.75, 3.05) is 20.2 Å². The van der Waals surface area contributed by atoms with Crippen LogP contribution < -0.4 is 5.32 Å². The predicted molar refractivity (Wildman–Crippen MR) is 86.4 cm³/mol. The SMILES string of the molecule is COC1CCN(C(=O)NCc2ccc(C(=O)O)cc2)CC1(C)C. The summed E-state index contributed by atoms with van der Waals surface area (Å²) >= 11 is 0. The summed E-state index contributed by atoms with van der Waals surface area (Å²) in [4.78, 5) is 24.9. The second-order valence-corrected chi connectivity index (χ2v) is 6.58. The second kappa shape index (κ2) is 7.00. The van der Waals surface area contributed by atoms with Gasteiger partial charge in [-0.05, 0) is 24.1 Å². The normalized spacial score (nSPS) is 20.1. The van der Waals surface area contributed by atoms with Crippen molar-refractivity contribution in [3.05, 3.63) is 35.4 Å². The van der Waals surface area contributed by atoms with Gasteiger partial charge in [-0.25, -0.2) is 9.59 Å². The molecule has 1 aromatic rings. The Morgan fingerprint density at radius 2 is 2.00 bits per heavy atom. The van der Waals surface area contributed by atoms with E-state index in [9.17, 15) is 9.59 Å². The molecule has 1 aliphatic rings. The number of carboxylic acids is 1. The summed E-state index contributed by atoms with van der Waals surface area (Å²) in [6.07, 6.45) is 0.986. The van der Waals surface area contributed by atoms with E-state index in [4.69, 9.17) is 9.84 Å². The van der Waals surface area contributed by atoms with Gasteiger partial charge in [0.1, 0.15) is 0 Å². The Morgan fingerprint density at radius 3 is 2.52 bits per heavy atom. The summed E-state index contributed by atoms with van der Waals surface area (Å²) in [5.74, 6) is -0.955. The number of likely N-dealkylation sites (tertiary alicyclic amines) is 1. The summed E-state index contributed by atoms with van der Waals surface area (Å²) in [6, 6.07) is 6.40. The molecule has 0 radical (unpaired) electrons. The summed E-state index contributed by atoms with van der Waals surface area (Å²) in [5.41, 5.74) is 1.03. The van der Waals surface area contributed by atoms with Crippen LogP contribution in [0, 0.1) is 5.41 Å². The van der Waals surface area contributed by atoms with Gasteiger partial charge in [0.2, 0.25) is 0 Å². The molecule has 1 unspecified atom stereocenters. The standard InChI is InChI=1S/C17H24N2O4/c1-17(2)11-19(9-8-14(17)23-3)16(22)18-10-12-4-6-13(7-5-12)15(20)21/h4-7,14H,8-11H2,1-3H3,(H,18,22)(H,20,21). The molecule has 1 fully saturated rings. The molecule has 0 bridgehead atoms. The zero-order chi connectivity index (χ0) is 17.0. The number of carbonyl (C=O) groups is 2. The fraction of sp³-hybridized carbons (Fsp3) is 0.529. The van der Waals surface area contributed by atoms with Crippen molar-refractivity contribution in [1.29, 1.82) is 0 Å². The van der Waals surface area contributed by atoms with Gasteiger partial charge in [-0.15, -0.1) is 0 Å². The van der Waals surface area contributed by atoms with Gasteiger partial charge in [0, 0.05) is 32.2 Å². The highest BCUT2D eigenvalue weighted by Gasteiger charge is 2.37. The Morgan fingerprint density at radius 1 is 1.35 bits per heavy atom. The smallest absolute Gasteiger partial charge is 0.335 e. The molecule has 0 aromatic heterocycles. The summed E-state index contributed by atoms with van der Waals surface area (Å²) < 4.78 is 5.49. The van der Waals surface area contributed by atoms with E-state index in [0.717, 1.165) is 12.0 Å². The molecule has 2 rings (SSSR count). The maximum absolute atomic E-state index is 12.3. The zero-order valence-electron chi connectivity index (χ0n) is 13.8. The van der Waals surface area contributed by atoms with Crippen LogP contribution in [0.25, 0.3) is 0 Å². The summed E-state index contributed by atoms with van der Waals surface area (Å²) in [6.45, 7) is 5.90. The van der Waals surface area contributed by atoms with Crippen LogP contribution in [0.15, 0.2) is 24.3 Å². The third-order valence-electron chi connectivity index (χ3n) is 4.35. The van der Waals surface area contributed by atoms with E-state index >= 15 is 0 Å². The average molecular weight is 320 g/mol. The van der Waals surface area contributed by atoms with E-state index in [1.165, 1.54) is 12.1 Å². The van der Waals surface area contributed by atoms with E-state index in [0.29, 0.717) is 19.6 Å². The quantitative estimate of drug-likeness (QED) is 0.892. The van der Waals surface area contributed by atoms with Crippen molar-refractivity contribution in [3.63, 3.8) is 0 Å². The number of benzene rings is 1. The molecule has 0 spiro atoms. The highest BCUT2D eigenvalue weighted by Crippen LogP contribution is 2.31. The molecule has 2 N–H and O–H groups in total. The molecule has 6 heteroatoms. The number of piperidine rings is 1. The fourth-order valence-corrected chi connectivity index (χ4v) is 3.00. The molecule has 1 saturated heterocycles. The number of rotatable bonds is 4. The number of ether oxygens (including phenoxy) is 1. The minimum absolute atomic E-state index is 0.0759. The molecule has 2 amide bonds. The molecule has 0 aliphatic carbocycles. The Labute approximate surface area is 136 Å². The van der Waals surface area contributed by atoms with Crippen LogP contribution in [0.4, 0.5) is 4.79 Å². The van der Waals surface area contributed by atoms with Gasteiger partial charge >= 0.3 is 12.0 Å². The van der Waals surface area contributed by atoms with Crippen molar-refractivity contribution >= 4 is 12.0 Å². The van der Waals surface area contributed by atoms with Gasteiger partial charge in [0.05, 0.1) is 11.7 Å². The highest BCUT2D eigenvalue weighted by molar-refractivity contribution is 5.87. The van der Waals surface area contributed by atoms with Crippen LogP contribution in [0.2, 0.25) is 0 Å². The van der Waals surface area contributed by atoms with Crippen LogP contribution in [0.3, 0.4) is 0 Å². The minimum atomic E-state index is -0.955. The first-order valence-electron chi connectivity index (χ1n) is 7.71. The van der Waals surface area contributed by atoms with E-state index in [-0.39, 0.29) is 23.1 Å². The lowest BCUT2D eigenvalue weighted by Crippen LogP contribution is -2.53. The van der Waals surface area contributed by atoms with Gasteiger partial charge in [-0.1, -0.05) is 26.0 Å². The number of nitrogens with one attached hydrogen (secondary N) is 1. The van der Waals surface area contributed by atoms with Crippen LogP contribution in [0.1, 0.15) is 36.2 Å². The summed E-state index contributed by atoms with van der Waals surface area (Å²) in [5, 5.41) is 11.8. The van der Waals surface area contributed by atoms with Crippen molar-refractivity contribution in [2.45, 2.75) is 32.9 Å². The fourth-order valence-electron chi connectivity index (χ4n) is 3.00. The Bertz CT molecular complexity index is 568. The number of hydrogen-bond acceptors (Lipinski definition) is 3. The maximum atomic E-state index is 12.3. The Hall–Kier alpha value is -2.08. The molecule has 1 aromatic carbocycles. The van der Waals surface area contributed by atoms with Crippen molar-refractivity contribution in [1.82, 2.24) is 10.2 Å². The molecule has 0 saturated carbocycles. The second-order valence-electron chi connectivity index (χ2n) is 6.58. The summed E-state index contributed by atoms with van der Waals surface area (Å²) in [7, 11) is 1.71. The van der Waals surface area contributed by atoms with Gasteiger partial charge in [-0.3, -0.25) is 0 Å². The van der Waals surface area contributed by atoms with Crippen molar-refractivity contribution < 1.29 is 19.4 Å². The van der Waals surface area contributed by atoms with Crippen molar-refractivity contribution in [3.8, 4) is 0 Å². The lowest BCUT2D eigenvalue weighted by Gasteiger charge is -2.43. The highest BCUT2D eigenvalue weighted by atomic mass is 16.5. The third-order valence-corrected chi connectivity index (χ3v) is 4.35. The largest absolute Gasteiger partial charge is 0.478 e. The number of carbonyl (C=O) groups excluding carboxylic acids is 1. The van der Waals surface area contributed by atoms with Gasteiger partial charge in [0.15, 0.2) is 0 Å². The van der Waals surface area contributed by atoms with E-state index in [2.05, 4.69) is 19.2 Å². The minimum Gasteiger partial charge on any atom is -0.478 e. The number of aromatic carboxylic acids is 1. The number of amides is 2. The van der Waals surface area contributed by atoms with Crippen LogP contribution in [-0.2, 0) is 11.3 Å². The number of urea groups is 1. The number of carboxylic acid groups (broad SMARTS) is 1. The van der Waals surface area contributed by atoms with Crippen LogP contribution in [0.5, 0.6) is 0 Å². The zero-order valence-corrected chi connectivity index (χ0v) is 13.8. The molecular weight excluding hydrogens is 296 g/mol. The monoisotopic (exact) mass is 320 g/mol. The first kappa shape index (κ1) is 17.3. The molecule has 126 valence electrons. The van der Waals surface area contributed by atoms with E-state index in [1.54, 1.807) is 24.1 Å². The molecule has 23 heavy (non-hydrogen) atoms. The van der Waals surface area contributed by atoms with Gasteiger partial charge in [0.25, 0.3) is 0 Å². The first-order chi connectivity index (χ1) is 10.8.